The molecule has 1 aromatic heterocycles. The third-order valence-corrected chi connectivity index (χ3v) is 6.09. The van der Waals surface area contributed by atoms with Gasteiger partial charge in [0.15, 0.2) is 11.5 Å². The summed E-state index contributed by atoms with van der Waals surface area (Å²) in [6.07, 6.45) is 0. The molecule has 2 aromatic carbocycles. The second-order valence-electron chi connectivity index (χ2n) is 7.18. The normalized spacial score (nSPS) is 12.2. The van der Waals surface area contributed by atoms with Gasteiger partial charge >= 0.3 is 0 Å². The molecule has 2 N–H and O–H groups in total. The first kappa shape index (κ1) is 21.8. The van der Waals surface area contributed by atoms with E-state index in [1.807, 2.05) is 30.3 Å². The molecule has 0 radical (unpaired) electrons. The fourth-order valence-corrected chi connectivity index (χ4v) is 4.58. The highest BCUT2D eigenvalue weighted by molar-refractivity contribution is 7.98. The summed E-state index contributed by atoms with van der Waals surface area (Å²) in [7, 11) is 3.01. The van der Waals surface area contributed by atoms with E-state index in [-0.39, 0.29) is 18.4 Å². The molecule has 0 spiro atoms. The number of methoxy groups -OCH3 is 2. The van der Waals surface area contributed by atoms with Crippen LogP contribution in [0.3, 0.4) is 0 Å². The van der Waals surface area contributed by atoms with Gasteiger partial charge in [0.1, 0.15) is 12.4 Å². The maximum Gasteiger partial charge on any atom is 0.260 e. The number of hydrogen-bond donors (Lipinski definition) is 2. The Morgan fingerprint density at radius 3 is 2.62 bits per heavy atom. The minimum absolute atomic E-state index is 0.00929. The zero-order valence-corrected chi connectivity index (χ0v) is 18.7. The zero-order valence-electron chi connectivity index (χ0n) is 17.9. The Balaban J connectivity index is 1.53. The predicted molar refractivity (Wildman–Crippen MR) is 123 cm³/mol. The zero-order chi connectivity index (χ0) is 22.5. The van der Waals surface area contributed by atoms with E-state index in [1.54, 1.807) is 34.6 Å². The number of nitrogens with one attached hydrogen (secondary N) is 2. The molecule has 3 aromatic rings. The summed E-state index contributed by atoms with van der Waals surface area (Å²) in [6, 6.07) is 14.8. The standard InChI is InChI=1S/C23H24N4O4S/c1-30-19-10-6-9-16(21(19)31-2)23(29)25-22-17-13-32-14-18(17)26-27(22)12-20(28)24-11-15-7-4-3-5-8-15/h3-10H,11-14H2,1-2H3,(H,24,28)(H,25,29). The summed E-state index contributed by atoms with van der Waals surface area (Å²) >= 11 is 1.72. The monoisotopic (exact) mass is 452 g/mol. The van der Waals surface area contributed by atoms with E-state index in [0.717, 1.165) is 28.3 Å². The number of fused-ring (bicyclic) bond motifs is 1. The topological polar surface area (TPSA) is 94.5 Å². The summed E-state index contributed by atoms with van der Waals surface area (Å²) < 4.78 is 12.3. The fraction of sp³-hybridized carbons (Fsp3) is 0.261. The number of carbonyl (C=O) groups excluding carboxylic acids is 2. The van der Waals surface area contributed by atoms with Crippen LogP contribution in [0.25, 0.3) is 0 Å². The quantitative estimate of drug-likeness (QED) is 0.545. The summed E-state index contributed by atoms with van der Waals surface area (Å²) in [4.78, 5) is 25.7. The Morgan fingerprint density at radius 2 is 1.88 bits per heavy atom. The number of aromatic nitrogens is 2. The van der Waals surface area contributed by atoms with E-state index in [4.69, 9.17) is 9.47 Å². The van der Waals surface area contributed by atoms with Crippen LogP contribution in [-0.4, -0.2) is 35.8 Å². The summed E-state index contributed by atoms with van der Waals surface area (Å²) in [5.41, 5.74) is 3.19. The van der Waals surface area contributed by atoms with Gasteiger partial charge in [-0.3, -0.25) is 9.59 Å². The number of nitrogens with zero attached hydrogens (tertiary/aromatic N) is 2. The van der Waals surface area contributed by atoms with E-state index in [2.05, 4.69) is 15.7 Å². The molecule has 0 saturated heterocycles. The molecule has 8 nitrogen and oxygen atoms in total. The first-order valence-corrected chi connectivity index (χ1v) is 11.3. The number of hydrogen-bond acceptors (Lipinski definition) is 6. The third kappa shape index (κ3) is 4.57. The summed E-state index contributed by atoms with van der Waals surface area (Å²) in [6.45, 7) is 0.439. The predicted octanol–water partition coefficient (Wildman–Crippen LogP) is 3.22. The molecule has 0 unspecified atom stereocenters. The highest BCUT2D eigenvalue weighted by Crippen LogP contribution is 2.36. The van der Waals surface area contributed by atoms with Gasteiger partial charge in [-0.05, 0) is 17.7 Å². The number of amides is 2. The number of ether oxygens (including phenoxy) is 2. The Labute approximate surface area is 190 Å². The molecule has 2 amide bonds. The van der Waals surface area contributed by atoms with E-state index < -0.39 is 0 Å². The lowest BCUT2D eigenvalue weighted by atomic mass is 10.1. The lowest BCUT2D eigenvalue weighted by Crippen LogP contribution is -2.29. The van der Waals surface area contributed by atoms with E-state index >= 15 is 0 Å². The number of anilines is 1. The van der Waals surface area contributed by atoms with Crippen LogP contribution in [0.4, 0.5) is 5.82 Å². The van der Waals surface area contributed by atoms with E-state index in [9.17, 15) is 9.59 Å². The van der Waals surface area contributed by atoms with Crippen LogP contribution < -0.4 is 20.1 Å². The lowest BCUT2D eigenvalue weighted by Gasteiger charge is -2.14. The van der Waals surface area contributed by atoms with Crippen LogP contribution in [0.15, 0.2) is 48.5 Å². The van der Waals surface area contributed by atoms with Crippen molar-refractivity contribution >= 4 is 29.4 Å². The molecule has 166 valence electrons. The Morgan fingerprint density at radius 1 is 1.06 bits per heavy atom. The largest absolute Gasteiger partial charge is 0.493 e. The van der Waals surface area contributed by atoms with Crippen molar-refractivity contribution in [1.82, 2.24) is 15.1 Å². The first-order chi connectivity index (χ1) is 15.6. The summed E-state index contributed by atoms with van der Waals surface area (Å²) in [5.74, 6) is 2.30. The van der Waals surface area contributed by atoms with Crippen LogP contribution in [0, 0.1) is 0 Å². The van der Waals surface area contributed by atoms with Crippen LogP contribution in [0.2, 0.25) is 0 Å². The van der Waals surface area contributed by atoms with Crippen molar-refractivity contribution in [2.45, 2.75) is 24.6 Å². The second-order valence-corrected chi connectivity index (χ2v) is 8.17. The second kappa shape index (κ2) is 9.78. The SMILES string of the molecule is COc1cccc(C(=O)Nc2c3c(nn2CC(=O)NCc2ccccc2)CSC3)c1OC. The van der Waals surface area contributed by atoms with Gasteiger partial charge in [-0.25, -0.2) is 4.68 Å². The molecule has 32 heavy (non-hydrogen) atoms. The molecule has 1 aliphatic heterocycles. The van der Waals surface area contributed by atoms with Crippen LogP contribution in [-0.2, 0) is 29.4 Å². The summed E-state index contributed by atoms with van der Waals surface area (Å²) in [5, 5.41) is 10.4. The van der Waals surface area contributed by atoms with Gasteiger partial charge < -0.3 is 20.1 Å². The molecule has 9 heteroatoms. The van der Waals surface area contributed by atoms with Gasteiger partial charge in [0, 0.05) is 23.6 Å². The molecule has 0 aliphatic carbocycles. The van der Waals surface area contributed by atoms with Gasteiger partial charge in [-0.2, -0.15) is 16.9 Å². The van der Waals surface area contributed by atoms with Crippen molar-refractivity contribution in [2.75, 3.05) is 19.5 Å². The van der Waals surface area contributed by atoms with Crippen molar-refractivity contribution in [1.29, 1.82) is 0 Å². The number of rotatable bonds is 8. The number of benzene rings is 2. The maximum atomic E-state index is 13.1. The number of para-hydroxylation sites is 1. The van der Waals surface area contributed by atoms with Crippen molar-refractivity contribution in [3.8, 4) is 11.5 Å². The Bertz CT molecular complexity index is 1130. The van der Waals surface area contributed by atoms with Crippen molar-refractivity contribution in [3.05, 3.63) is 70.9 Å². The number of thioether (sulfide) groups is 1. The molecular formula is C23H24N4O4S. The van der Waals surface area contributed by atoms with Gasteiger partial charge in [-0.1, -0.05) is 36.4 Å². The lowest BCUT2D eigenvalue weighted by molar-refractivity contribution is -0.122. The molecule has 0 fully saturated rings. The molecular weight excluding hydrogens is 428 g/mol. The molecule has 1 aliphatic rings. The first-order valence-electron chi connectivity index (χ1n) is 10.1. The molecule has 0 bridgehead atoms. The van der Waals surface area contributed by atoms with Gasteiger partial charge in [-0.15, -0.1) is 0 Å². The molecule has 0 atom stereocenters. The smallest absolute Gasteiger partial charge is 0.260 e. The fourth-order valence-electron chi connectivity index (χ4n) is 3.55. The van der Waals surface area contributed by atoms with E-state index in [1.165, 1.54) is 14.2 Å². The third-order valence-electron chi connectivity index (χ3n) is 5.12. The van der Waals surface area contributed by atoms with Gasteiger partial charge in [0.2, 0.25) is 5.91 Å². The molecule has 4 rings (SSSR count). The van der Waals surface area contributed by atoms with Crippen LogP contribution >= 0.6 is 11.8 Å². The van der Waals surface area contributed by atoms with Gasteiger partial charge in [0.25, 0.3) is 5.91 Å². The van der Waals surface area contributed by atoms with Gasteiger partial charge in [0.05, 0.1) is 25.5 Å². The average molecular weight is 453 g/mol. The average Bonchev–Trinajstić information content (AvgIpc) is 3.40. The number of carbonyl (C=O) groups is 2. The minimum Gasteiger partial charge on any atom is -0.493 e. The van der Waals surface area contributed by atoms with E-state index in [0.29, 0.717) is 29.4 Å². The Hall–Kier alpha value is -3.46. The minimum atomic E-state index is -0.355. The highest BCUT2D eigenvalue weighted by Gasteiger charge is 2.26. The van der Waals surface area contributed by atoms with Crippen molar-refractivity contribution in [3.63, 3.8) is 0 Å². The van der Waals surface area contributed by atoms with Crippen LogP contribution in [0.1, 0.15) is 27.2 Å². The molecule has 2 heterocycles. The van der Waals surface area contributed by atoms with Crippen LogP contribution in [0.5, 0.6) is 11.5 Å². The maximum absolute atomic E-state index is 13.1. The Kier molecular flexibility index (Phi) is 6.65. The highest BCUT2D eigenvalue weighted by atomic mass is 32.2. The molecule has 0 saturated carbocycles. The van der Waals surface area contributed by atoms with Crippen molar-refractivity contribution in [2.24, 2.45) is 0 Å². The van der Waals surface area contributed by atoms with Crippen molar-refractivity contribution < 1.29 is 19.1 Å².